The van der Waals surface area contributed by atoms with Gasteiger partial charge in [0.1, 0.15) is 10.6 Å². The number of rotatable bonds is 3. The van der Waals surface area contributed by atoms with Gasteiger partial charge in [-0.2, -0.15) is 0 Å². The van der Waals surface area contributed by atoms with Crippen LogP contribution < -0.4 is 5.73 Å². The van der Waals surface area contributed by atoms with Crippen molar-refractivity contribution in [3.05, 3.63) is 59.3 Å². The fourth-order valence-corrected chi connectivity index (χ4v) is 2.19. The van der Waals surface area contributed by atoms with Crippen LogP contribution in [0.2, 0.25) is 0 Å². The number of ketones is 1. The Labute approximate surface area is 131 Å². The third kappa shape index (κ3) is 3.88. The zero-order valence-corrected chi connectivity index (χ0v) is 13.6. The number of aromatic nitrogens is 1. The van der Waals surface area contributed by atoms with Crippen molar-refractivity contribution in [2.45, 2.75) is 11.8 Å². The van der Waals surface area contributed by atoms with Gasteiger partial charge in [0.2, 0.25) is 0 Å². The lowest BCUT2D eigenvalue weighted by Gasteiger charge is -2.09. The number of nitrogens with zero attached hydrogens (tertiary/aromatic N) is 1. The van der Waals surface area contributed by atoms with E-state index >= 15 is 0 Å². The van der Waals surface area contributed by atoms with Crippen molar-refractivity contribution in [2.24, 2.45) is 0 Å². The number of hydrogen-bond donors (Lipinski definition) is 1. The number of nitrogen functional groups attached to an aromatic ring is 1. The maximum Gasteiger partial charge on any atom is 0.180 e. The van der Waals surface area contributed by atoms with Crippen LogP contribution in [0.5, 0.6) is 0 Å². The number of benzene rings is 1. The van der Waals surface area contributed by atoms with Crippen LogP contribution in [0.4, 0.5) is 5.82 Å². The Kier molecular flexibility index (Phi) is 5.69. The number of anilines is 1. The van der Waals surface area contributed by atoms with Gasteiger partial charge >= 0.3 is 0 Å². The number of nitrogens with two attached hydrogens (primary N) is 1. The highest BCUT2D eigenvalue weighted by molar-refractivity contribution is 9.09. The lowest BCUT2D eigenvalue weighted by molar-refractivity contribution is 0.0991. The molecule has 3 nitrogen and oxygen atoms in total. The summed E-state index contributed by atoms with van der Waals surface area (Å²) in [6, 6.07) is 11.0. The first-order valence-electron chi connectivity index (χ1n) is 5.54. The summed E-state index contributed by atoms with van der Waals surface area (Å²) in [5, 5.41) is 0. The van der Waals surface area contributed by atoms with Gasteiger partial charge in [0.25, 0.3) is 0 Å². The molecule has 1 atom stereocenters. The van der Waals surface area contributed by atoms with E-state index in [9.17, 15) is 4.79 Å². The number of halogens is 2. The molecule has 0 spiro atoms. The van der Waals surface area contributed by atoms with Gasteiger partial charge < -0.3 is 5.73 Å². The van der Waals surface area contributed by atoms with E-state index < -0.39 is 4.83 Å². The highest BCUT2D eigenvalue weighted by atomic mass is 79.9. The highest BCUT2D eigenvalue weighted by Gasteiger charge is 2.19. The van der Waals surface area contributed by atoms with Crippen molar-refractivity contribution in [3.63, 3.8) is 0 Å². The first kappa shape index (κ1) is 15.9. The van der Waals surface area contributed by atoms with Crippen LogP contribution in [-0.2, 0) is 0 Å². The van der Waals surface area contributed by atoms with Gasteiger partial charge in [0.05, 0.1) is 0 Å². The molecule has 0 bridgehead atoms. The van der Waals surface area contributed by atoms with Crippen LogP contribution in [0.1, 0.15) is 26.3 Å². The fraction of sp³-hybridized carbons (Fsp3) is 0.143. The van der Waals surface area contributed by atoms with Crippen LogP contribution >= 0.6 is 32.9 Å². The molecule has 1 aromatic heterocycles. The van der Waals surface area contributed by atoms with Crippen molar-refractivity contribution in [2.75, 3.05) is 5.73 Å². The third-order valence-electron chi connectivity index (χ3n) is 2.66. The molecule has 2 N–H and O–H groups in total. The molecule has 2 aromatic rings. The highest BCUT2D eigenvalue weighted by Crippen LogP contribution is 2.27. The van der Waals surface area contributed by atoms with Gasteiger partial charge in [-0.3, -0.25) is 4.79 Å². The first-order valence-corrected chi connectivity index (χ1v) is 6.46. The molecule has 100 valence electrons. The number of aryl methyl sites for hydroxylation is 1. The Morgan fingerprint density at radius 1 is 1.26 bits per heavy atom. The molecule has 0 saturated carbocycles. The predicted molar refractivity (Wildman–Crippen MR) is 86.1 cm³/mol. The lowest BCUT2D eigenvalue weighted by atomic mass is 10.0. The van der Waals surface area contributed by atoms with Crippen LogP contribution in [0, 0.1) is 6.92 Å². The predicted octanol–water partition coefficient (Wildman–Crippen LogP) is 3.87. The Bertz CT molecular complexity index is 570. The van der Waals surface area contributed by atoms with E-state index in [1.807, 2.05) is 31.2 Å². The summed E-state index contributed by atoms with van der Waals surface area (Å²) in [4.78, 5) is 15.8. The molecule has 5 heteroatoms. The standard InChI is InChI=1S/C14H13BrN2O.BrH/c1-9-2-4-10(5-3-9)14(18)13(15)11-6-7-17-12(16)8-11;/h2-8,13H,1H3,(H2,16,17);1H. The fourth-order valence-electron chi connectivity index (χ4n) is 1.64. The van der Waals surface area contributed by atoms with Crippen molar-refractivity contribution >= 4 is 44.5 Å². The van der Waals surface area contributed by atoms with Gasteiger partial charge in [0.15, 0.2) is 5.78 Å². The van der Waals surface area contributed by atoms with Gasteiger partial charge in [0, 0.05) is 11.8 Å². The number of carbonyl (C=O) groups excluding carboxylic acids is 1. The first-order chi connectivity index (χ1) is 8.58. The molecule has 2 rings (SSSR count). The molecule has 0 aliphatic rings. The smallest absolute Gasteiger partial charge is 0.180 e. The Morgan fingerprint density at radius 2 is 1.89 bits per heavy atom. The van der Waals surface area contributed by atoms with Gasteiger partial charge in [-0.15, -0.1) is 17.0 Å². The number of carbonyl (C=O) groups is 1. The Morgan fingerprint density at radius 3 is 2.47 bits per heavy atom. The summed E-state index contributed by atoms with van der Waals surface area (Å²) in [5.74, 6) is 0.425. The molecule has 0 fully saturated rings. The number of alkyl halides is 1. The second-order valence-electron chi connectivity index (χ2n) is 4.11. The van der Waals surface area contributed by atoms with Crippen LogP contribution in [0.15, 0.2) is 42.6 Å². The van der Waals surface area contributed by atoms with E-state index in [0.717, 1.165) is 11.1 Å². The van der Waals surface area contributed by atoms with E-state index in [2.05, 4.69) is 20.9 Å². The SMILES string of the molecule is Br.Cc1ccc(C(=O)C(Br)c2ccnc(N)c2)cc1. The molecule has 1 unspecified atom stereocenters. The molecule has 0 radical (unpaired) electrons. The maximum absolute atomic E-state index is 12.3. The van der Waals surface area contributed by atoms with Gasteiger partial charge in [-0.25, -0.2) is 4.98 Å². The second kappa shape index (κ2) is 6.82. The molecule has 1 heterocycles. The molecular weight excluding hydrogens is 372 g/mol. The van der Waals surface area contributed by atoms with Crippen molar-refractivity contribution in [3.8, 4) is 0 Å². The maximum atomic E-state index is 12.3. The van der Waals surface area contributed by atoms with E-state index in [1.54, 1.807) is 18.3 Å². The molecule has 0 saturated heterocycles. The third-order valence-corrected chi connectivity index (χ3v) is 3.61. The summed E-state index contributed by atoms with van der Waals surface area (Å²) in [7, 11) is 0. The van der Waals surface area contributed by atoms with E-state index in [0.29, 0.717) is 11.4 Å². The number of Topliss-reactive ketones (excluding diaryl/α,β-unsaturated/α-hetero) is 1. The topological polar surface area (TPSA) is 56.0 Å². The summed E-state index contributed by atoms with van der Waals surface area (Å²) in [6.45, 7) is 1.99. The quantitative estimate of drug-likeness (QED) is 0.644. The molecule has 0 aliphatic carbocycles. The Hall–Kier alpha value is -1.20. The molecule has 0 amide bonds. The molecular formula is C14H14Br2N2O. The summed E-state index contributed by atoms with van der Waals surface area (Å²) in [5.41, 5.74) is 8.23. The average molecular weight is 386 g/mol. The minimum atomic E-state index is -0.398. The largest absolute Gasteiger partial charge is 0.384 e. The van der Waals surface area contributed by atoms with Crippen LogP contribution in [0.3, 0.4) is 0 Å². The molecule has 19 heavy (non-hydrogen) atoms. The van der Waals surface area contributed by atoms with Gasteiger partial charge in [-0.05, 0) is 24.6 Å². The van der Waals surface area contributed by atoms with Gasteiger partial charge in [-0.1, -0.05) is 45.8 Å². The van der Waals surface area contributed by atoms with E-state index in [1.165, 1.54) is 0 Å². The Balaban J connectivity index is 0.00000180. The monoisotopic (exact) mass is 384 g/mol. The van der Waals surface area contributed by atoms with Crippen molar-refractivity contribution < 1.29 is 4.79 Å². The molecule has 1 aromatic carbocycles. The van der Waals surface area contributed by atoms with E-state index in [-0.39, 0.29) is 22.8 Å². The van der Waals surface area contributed by atoms with Crippen LogP contribution in [-0.4, -0.2) is 10.8 Å². The van der Waals surface area contributed by atoms with Crippen molar-refractivity contribution in [1.82, 2.24) is 4.98 Å². The number of pyridine rings is 1. The summed E-state index contributed by atoms with van der Waals surface area (Å²) >= 11 is 3.41. The number of hydrogen-bond acceptors (Lipinski definition) is 3. The van der Waals surface area contributed by atoms with E-state index in [4.69, 9.17) is 5.73 Å². The lowest BCUT2D eigenvalue weighted by Crippen LogP contribution is -2.07. The average Bonchev–Trinajstić information content (AvgIpc) is 2.38. The van der Waals surface area contributed by atoms with Crippen molar-refractivity contribution in [1.29, 1.82) is 0 Å². The van der Waals surface area contributed by atoms with Crippen LogP contribution in [0.25, 0.3) is 0 Å². The summed E-state index contributed by atoms with van der Waals surface area (Å²) < 4.78 is 0. The zero-order chi connectivity index (χ0) is 13.1. The normalized spacial score (nSPS) is 11.5. The zero-order valence-electron chi connectivity index (χ0n) is 10.3. The summed E-state index contributed by atoms with van der Waals surface area (Å²) in [6.07, 6.45) is 1.60. The minimum Gasteiger partial charge on any atom is -0.384 e. The minimum absolute atomic E-state index is 0. The second-order valence-corrected chi connectivity index (χ2v) is 5.02. The molecule has 0 aliphatic heterocycles.